The van der Waals surface area contributed by atoms with Gasteiger partial charge in [0, 0.05) is 42.4 Å². The summed E-state index contributed by atoms with van der Waals surface area (Å²) in [5.74, 6) is 2.19. The summed E-state index contributed by atoms with van der Waals surface area (Å²) in [7, 11) is 0. The molecule has 0 saturated carbocycles. The van der Waals surface area contributed by atoms with Crippen molar-refractivity contribution in [2.45, 2.75) is 37.9 Å². The molecule has 0 radical (unpaired) electrons. The molecule has 6 nitrogen and oxygen atoms in total. The van der Waals surface area contributed by atoms with Crippen molar-refractivity contribution in [1.82, 2.24) is 15.3 Å². The number of carbonyl (C=O) groups excluding carboxylic acids is 1. The first-order valence-electron chi connectivity index (χ1n) is 11.4. The molecule has 3 heterocycles. The highest BCUT2D eigenvalue weighted by Crippen LogP contribution is 2.34. The second kappa shape index (κ2) is 9.85. The van der Waals surface area contributed by atoms with Gasteiger partial charge in [-0.2, -0.15) is 11.8 Å². The molecule has 1 amide bonds. The van der Waals surface area contributed by atoms with Crippen LogP contribution in [-0.4, -0.2) is 41.3 Å². The quantitative estimate of drug-likeness (QED) is 0.473. The van der Waals surface area contributed by atoms with Gasteiger partial charge in [0.2, 0.25) is 5.91 Å². The number of benzene rings is 1. The van der Waals surface area contributed by atoms with Crippen LogP contribution >= 0.6 is 23.1 Å². The van der Waals surface area contributed by atoms with Gasteiger partial charge in [0.15, 0.2) is 0 Å². The summed E-state index contributed by atoms with van der Waals surface area (Å²) in [4.78, 5) is 36.8. The number of nitrogens with zero attached hydrogens (tertiary/aromatic N) is 2. The van der Waals surface area contributed by atoms with Crippen LogP contribution in [0, 0.1) is 11.7 Å². The third kappa shape index (κ3) is 5.09. The number of rotatable bonds is 8. The zero-order valence-corrected chi connectivity index (χ0v) is 20.0. The number of thioether (sulfide) groups is 1. The van der Waals surface area contributed by atoms with E-state index in [2.05, 4.69) is 20.2 Å². The Balaban J connectivity index is 1.03. The molecule has 1 aromatic carbocycles. The predicted molar refractivity (Wildman–Crippen MR) is 133 cm³/mol. The molecule has 1 atom stereocenters. The van der Waals surface area contributed by atoms with Crippen LogP contribution in [0.4, 0.5) is 10.1 Å². The first-order valence-corrected chi connectivity index (χ1v) is 13.4. The molecule has 9 heteroatoms. The number of anilines is 1. The van der Waals surface area contributed by atoms with Crippen LogP contribution in [-0.2, 0) is 23.4 Å². The first-order chi connectivity index (χ1) is 16.1. The Labute approximate surface area is 200 Å². The van der Waals surface area contributed by atoms with Gasteiger partial charge >= 0.3 is 0 Å². The number of halogens is 1. The lowest BCUT2D eigenvalue weighted by atomic mass is 10.1. The second-order valence-corrected chi connectivity index (χ2v) is 10.9. The van der Waals surface area contributed by atoms with Gasteiger partial charge < -0.3 is 15.2 Å². The number of hydrogen-bond acceptors (Lipinski definition) is 6. The minimum Gasteiger partial charge on any atom is -0.371 e. The molecule has 3 aromatic rings. The molecule has 1 unspecified atom stereocenters. The average Bonchev–Trinajstić information content (AvgIpc) is 3.52. The van der Waals surface area contributed by atoms with E-state index in [1.807, 2.05) is 0 Å². The highest BCUT2D eigenvalue weighted by atomic mass is 32.2. The van der Waals surface area contributed by atoms with Crippen molar-refractivity contribution in [3.63, 3.8) is 0 Å². The molecule has 0 spiro atoms. The summed E-state index contributed by atoms with van der Waals surface area (Å²) in [5.41, 5.74) is 2.19. The molecule has 1 fully saturated rings. The van der Waals surface area contributed by atoms with Crippen molar-refractivity contribution in [1.29, 1.82) is 0 Å². The fourth-order valence-corrected chi connectivity index (χ4v) is 6.77. The third-order valence-corrected chi connectivity index (χ3v) is 8.56. The predicted octanol–water partition coefficient (Wildman–Crippen LogP) is 3.88. The van der Waals surface area contributed by atoms with E-state index in [9.17, 15) is 14.0 Å². The minimum absolute atomic E-state index is 0.0287. The van der Waals surface area contributed by atoms with Gasteiger partial charge in [0.1, 0.15) is 16.5 Å². The van der Waals surface area contributed by atoms with Crippen molar-refractivity contribution in [2.24, 2.45) is 5.92 Å². The van der Waals surface area contributed by atoms with Gasteiger partial charge in [-0.15, -0.1) is 11.3 Å². The Kier molecular flexibility index (Phi) is 6.69. The number of hydrogen-bond donors (Lipinski definition) is 2. The highest BCUT2D eigenvalue weighted by molar-refractivity contribution is 7.98. The SMILES string of the molecule is O=C(CCSCc1nc2sc3c(c2c(=O)[nH]1)CCC3)NCC1CCN(c2ccc(F)cc2)C1. The third-order valence-electron chi connectivity index (χ3n) is 6.40. The van der Waals surface area contributed by atoms with Crippen molar-refractivity contribution in [2.75, 3.05) is 30.3 Å². The molecule has 33 heavy (non-hydrogen) atoms. The standard InChI is InChI=1S/C24H27FN4O2S2/c25-16-4-6-17(7-5-16)29-10-8-15(13-29)12-26-21(30)9-11-32-14-20-27-23(31)22-18-2-1-3-19(18)33-24(22)28-20/h4-7,15H,1-3,8-14H2,(H,26,30)(H,27,28,31). The van der Waals surface area contributed by atoms with Crippen LogP contribution in [0.2, 0.25) is 0 Å². The zero-order chi connectivity index (χ0) is 22.8. The number of nitrogens with one attached hydrogen (secondary N) is 2. The van der Waals surface area contributed by atoms with Gasteiger partial charge in [-0.25, -0.2) is 9.37 Å². The van der Waals surface area contributed by atoms with Crippen LogP contribution in [0.1, 0.15) is 35.5 Å². The van der Waals surface area contributed by atoms with Crippen LogP contribution in [0.25, 0.3) is 10.2 Å². The number of H-pyrrole nitrogens is 1. The summed E-state index contributed by atoms with van der Waals surface area (Å²) in [6.45, 7) is 2.45. The smallest absolute Gasteiger partial charge is 0.259 e. The van der Waals surface area contributed by atoms with E-state index in [4.69, 9.17) is 0 Å². The largest absolute Gasteiger partial charge is 0.371 e. The number of amides is 1. The fourth-order valence-electron chi connectivity index (χ4n) is 4.68. The maximum Gasteiger partial charge on any atom is 0.259 e. The monoisotopic (exact) mass is 486 g/mol. The second-order valence-electron chi connectivity index (χ2n) is 8.73. The van der Waals surface area contributed by atoms with E-state index < -0.39 is 0 Å². The lowest BCUT2D eigenvalue weighted by Crippen LogP contribution is -2.31. The molecule has 1 saturated heterocycles. The van der Waals surface area contributed by atoms with Crippen molar-refractivity contribution < 1.29 is 9.18 Å². The van der Waals surface area contributed by atoms with E-state index in [-0.39, 0.29) is 17.3 Å². The number of carbonyl (C=O) groups is 1. The molecule has 2 N–H and O–H groups in total. The Morgan fingerprint density at radius 1 is 1.30 bits per heavy atom. The van der Waals surface area contributed by atoms with E-state index in [1.54, 1.807) is 35.2 Å². The summed E-state index contributed by atoms with van der Waals surface area (Å²) >= 11 is 3.26. The van der Waals surface area contributed by atoms with Gasteiger partial charge in [0.05, 0.1) is 11.1 Å². The average molecular weight is 487 g/mol. The summed E-state index contributed by atoms with van der Waals surface area (Å²) in [6, 6.07) is 6.58. The molecule has 2 aliphatic rings. The van der Waals surface area contributed by atoms with Gasteiger partial charge in [-0.1, -0.05) is 0 Å². The van der Waals surface area contributed by atoms with Crippen molar-refractivity contribution in [3.8, 4) is 0 Å². The number of aromatic nitrogens is 2. The maximum absolute atomic E-state index is 13.1. The Morgan fingerprint density at radius 2 is 2.15 bits per heavy atom. The molecular weight excluding hydrogens is 459 g/mol. The molecule has 1 aliphatic carbocycles. The number of aryl methyl sites for hydroxylation is 2. The van der Waals surface area contributed by atoms with E-state index in [0.29, 0.717) is 36.2 Å². The van der Waals surface area contributed by atoms with Crippen LogP contribution < -0.4 is 15.8 Å². The van der Waals surface area contributed by atoms with E-state index >= 15 is 0 Å². The summed E-state index contributed by atoms with van der Waals surface area (Å²) < 4.78 is 13.1. The number of aromatic amines is 1. The van der Waals surface area contributed by atoms with Gasteiger partial charge in [0.25, 0.3) is 5.56 Å². The van der Waals surface area contributed by atoms with E-state index in [0.717, 1.165) is 54.7 Å². The van der Waals surface area contributed by atoms with Crippen LogP contribution in [0.15, 0.2) is 29.1 Å². The Morgan fingerprint density at radius 3 is 3.00 bits per heavy atom. The van der Waals surface area contributed by atoms with E-state index in [1.165, 1.54) is 22.6 Å². The molecule has 0 bridgehead atoms. The molecule has 1 aliphatic heterocycles. The van der Waals surface area contributed by atoms with Crippen molar-refractivity contribution in [3.05, 3.63) is 56.7 Å². The maximum atomic E-state index is 13.1. The van der Waals surface area contributed by atoms with Gasteiger partial charge in [-0.3, -0.25) is 9.59 Å². The Hall–Kier alpha value is -2.39. The lowest BCUT2D eigenvalue weighted by molar-refractivity contribution is -0.120. The minimum atomic E-state index is -0.225. The highest BCUT2D eigenvalue weighted by Gasteiger charge is 2.23. The van der Waals surface area contributed by atoms with Crippen LogP contribution in [0.5, 0.6) is 0 Å². The first kappa shape index (κ1) is 22.4. The summed E-state index contributed by atoms with van der Waals surface area (Å²) in [5, 5.41) is 3.83. The van der Waals surface area contributed by atoms with Crippen LogP contribution in [0.3, 0.4) is 0 Å². The summed E-state index contributed by atoms with van der Waals surface area (Å²) in [6.07, 6.45) is 4.62. The molecule has 2 aromatic heterocycles. The van der Waals surface area contributed by atoms with Crippen molar-refractivity contribution >= 4 is 44.9 Å². The molecule has 174 valence electrons. The fraction of sp³-hybridized carbons (Fsp3) is 0.458. The topological polar surface area (TPSA) is 78.1 Å². The molecule has 5 rings (SSSR count). The number of thiophene rings is 1. The number of fused-ring (bicyclic) bond motifs is 3. The van der Waals surface area contributed by atoms with Gasteiger partial charge in [-0.05, 0) is 61.4 Å². The normalized spacial score (nSPS) is 17.6. The molecular formula is C24H27FN4O2S2. The Bertz CT molecular complexity index is 1210. The lowest BCUT2D eigenvalue weighted by Gasteiger charge is -2.18. The zero-order valence-electron chi connectivity index (χ0n) is 18.4.